The molecule has 0 fully saturated rings. The van der Waals surface area contributed by atoms with Gasteiger partial charge in [-0.3, -0.25) is 4.79 Å². The summed E-state index contributed by atoms with van der Waals surface area (Å²) < 4.78 is 0.905. The van der Waals surface area contributed by atoms with Crippen LogP contribution in [0, 0.1) is 12.8 Å². The smallest absolute Gasteiger partial charge is 0.259 e. The number of nitrogens with zero attached hydrogens (tertiary/aromatic N) is 3. The lowest BCUT2D eigenvalue weighted by Crippen LogP contribution is -2.15. The summed E-state index contributed by atoms with van der Waals surface area (Å²) >= 11 is 4.85. The third kappa shape index (κ3) is 2.91. The van der Waals surface area contributed by atoms with Crippen LogP contribution in [0.5, 0.6) is 0 Å². The number of hydrogen-bond donors (Lipinski definition) is 1. The van der Waals surface area contributed by atoms with Crippen molar-refractivity contribution in [2.45, 2.75) is 49.6 Å². The first-order valence-corrected chi connectivity index (χ1v) is 10.5. The lowest BCUT2D eigenvalue weighted by molar-refractivity contribution is 0.509. The Morgan fingerprint density at radius 1 is 1.33 bits per heavy atom. The highest BCUT2D eigenvalue weighted by Gasteiger charge is 2.24. The largest absolute Gasteiger partial charge is 0.309 e. The van der Waals surface area contributed by atoms with Crippen molar-refractivity contribution in [3.8, 4) is 0 Å². The molecule has 1 aliphatic carbocycles. The number of aromatic nitrogens is 4. The zero-order chi connectivity index (χ0) is 16.8. The Hall–Kier alpha value is -1.25. The van der Waals surface area contributed by atoms with E-state index in [0.29, 0.717) is 5.92 Å². The molecule has 2 atom stereocenters. The highest BCUT2D eigenvalue weighted by atomic mass is 32.2. The molecule has 0 amide bonds. The van der Waals surface area contributed by atoms with Gasteiger partial charge in [0, 0.05) is 4.88 Å². The quantitative estimate of drug-likeness (QED) is 0.694. The third-order valence-electron chi connectivity index (χ3n) is 4.35. The highest BCUT2D eigenvalue weighted by molar-refractivity contribution is 8.01. The van der Waals surface area contributed by atoms with Gasteiger partial charge in [0.15, 0.2) is 4.34 Å². The number of thioether (sulfide) groups is 1. The predicted octanol–water partition coefficient (Wildman–Crippen LogP) is 4.12. The van der Waals surface area contributed by atoms with Gasteiger partial charge in [0.25, 0.3) is 5.56 Å². The molecule has 4 rings (SSSR count). The van der Waals surface area contributed by atoms with E-state index < -0.39 is 0 Å². The second kappa shape index (κ2) is 6.24. The van der Waals surface area contributed by atoms with Gasteiger partial charge in [-0.2, -0.15) is 0 Å². The summed E-state index contributed by atoms with van der Waals surface area (Å²) in [6.07, 6.45) is 3.22. The molecule has 0 aromatic carbocycles. The molecular weight excluding hydrogens is 360 g/mol. The first kappa shape index (κ1) is 16.2. The van der Waals surface area contributed by atoms with Gasteiger partial charge in [0.1, 0.15) is 15.7 Å². The molecule has 3 aromatic rings. The van der Waals surface area contributed by atoms with Gasteiger partial charge < -0.3 is 4.98 Å². The van der Waals surface area contributed by atoms with Crippen LogP contribution in [0.1, 0.15) is 46.8 Å². The second-order valence-electron chi connectivity index (χ2n) is 6.33. The van der Waals surface area contributed by atoms with Crippen molar-refractivity contribution in [2.75, 3.05) is 0 Å². The fourth-order valence-corrected chi connectivity index (χ4v) is 6.50. The summed E-state index contributed by atoms with van der Waals surface area (Å²) in [5.41, 5.74) is 1.23. The fourth-order valence-electron chi connectivity index (χ4n) is 3.09. The fraction of sp³-hybridized carbons (Fsp3) is 0.500. The minimum atomic E-state index is 0.00273. The number of nitrogens with one attached hydrogen (secondary N) is 1. The zero-order valence-electron chi connectivity index (χ0n) is 13.8. The van der Waals surface area contributed by atoms with Crippen LogP contribution in [0.15, 0.2) is 9.13 Å². The summed E-state index contributed by atoms with van der Waals surface area (Å²) in [5, 5.41) is 9.98. The van der Waals surface area contributed by atoms with Gasteiger partial charge in [0.05, 0.1) is 10.6 Å². The van der Waals surface area contributed by atoms with Gasteiger partial charge in [-0.1, -0.05) is 30.0 Å². The number of rotatable bonds is 3. The van der Waals surface area contributed by atoms with Crippen molar-refractivity contribution in [3.05, 3.63) is 31.6 Å². The van der Waals surface area contributed by atoms with Gasteiger partial charge in [-0.05, 0) is 44.6 Å². The molecule has 0 unspecified atom stereocenters. The van der Waals surface area contributed by atoms with Crippen molar-refractivity contribution in [1.82, 2.24) is 20.2 Å². The first-order valence-electron chi connectivity index (χ1n) is 8.02. The molecule has 3 aromatic heterocycles. The Labute approximate surface area is 151 Å². The monoisotopic (exact) mass is 378 g/mol. The van der Waals surface area contributed by atoms with Crippen molar-refractivity contribution in [1.29, 1.82) is 0 Å². The Balaban J connectivity index is 1.71. The van der Waals surface area contributed by atoms with Crippen LogP contribution in [0.2, 0.25) is 0 Å². The van der Waals surface area contributed by atoms with Gasteiger partial charge >= 0.3 is 0 Å². The molecule has 1 N–H and O–H groups in total. The van der Waals surface area contributed by atoms with E-state index in [4.69, 9.17) is 4.98 Å². The minimum Gasteiger partial charge on any atom is -0.309 e. The molecule has 8 heteroatoms. The van der Waals surface area contributed by atoms with Crippen molar-refractivity contribution in [3.63, 3.8) is 0 Å². The van der Waals surface area contributed by atoms with Crippen LogP contribution >= 0.6 is 34.4 Å². The normalized spacial score (nSPS) is 18.7. The highest BCUT2D eigenvalue weighted by Crippen LogP contribution is 2.38. The molecule has 0 saturated carbocycles. The average molecular weight is 379 g/mol. The van der Waals surface area contributed by atoms with E-state index >= 15 is 0 Å². The molecule has 5 nitrogen and oxygen atoms in total. The van der Waals surface area contributed by atoms with Crippen LogP contribution in [0.3, 0.4) is 0 Å². The molecule has 0 aliphatic heterocycles. The topological polar surface area (TPSA) is 71.5 Å². The van der Waals surface area contributed by atoms with E-state index in [9.17, 15) is 4.79 Å². The Morgan fingerprint density at radius 2 is 2.17 bits per heavy atom. The Bertz CT molecular complexity index is 958. The first-order chi connectivity index (χ1) is 11.5. The molecule has 0 bridgehead atoms. The molecule has 126 valence electrons. The molecule has 1 aliphatic rings. The van der Waals surface area contributed by atoms with E-state index in [1.807, 2.05) is 13.8 Å². The lowest BCUT2D eigenvalue weighted by Gasteiger charge is -2.17. The van der Waals surface area contributed by atoms with Crippen LogP contribution in [-0.4, -0.2) is 20.2 Å². The maximum absolute atomic E-state index is 12.7. The van der Waals surface area contributed by atoms with E-state index in [-0.39, 0.29) is 10.8 Å². The summed E-state index contributed by atoms with van der Waals surface area (Å²) in [6.45, 7) is 6.26. The molecule has 0 saturated heterocycles. The maximum atomic E-state index is 12.7. The SMILES string of the molecule is Cc1nnc(S[C@H](C)c2nc3sc4c(c3c(=O)[nH]2)CC[C@H](C)C4)s1. The van der Waals surface area contributed by atoms with E-state index in [1.165, 1.54) is 10.4 Å². The molecule has 24 heavy (non-hydrogen) atoms. The van der Waals surface area contributed by atoms with Crippen LogP contribution in [0.25, 0.3) is 10.2 Å². The van der Waals surface area contributed by atoms with Gasteiger partial charge in [0.2, 0.25) is 0 Å². The Kier molecular flexibility index (Phi) is 4.22. The molecular formula is C16H18N4OS3. The number of thiophene rings is 1. The van der Waals surface area contributed by atoms with E-state index in [0.717, 1.165) is 44.7 Å². The molecule has 3 heterocycles. The summed E-state index contributed by atoms with van der Waals surface area (Å²) in [4.78, 5) is 22.6. The summed E-state index contributed by atoms with van der Waals surface area (Å²) in [5.74, 6) is 1.41. The van der Waals surface area contributed by atoms with Crippen molar-refractivity contribution >= 4 is 44.7 Å². The van der Waals surface area contributed by atoms with Crippen molar-refractivity contribution in [2.24, 2.45) is 5.92 Å². The average Bonchev–Trinajstić information content (AvgIpc) is 3.09. The maximum Gasteiger partial charge on any atom is 0.259 e. The van der Waals surface area contributed by atoms with Crippen molar-refractivity contribution < 1.29 is 0 Å². The standard InChI is InChI=1S/C16H18N4OS3/c1-7-4-5-10-11(6-7)24-15-12(10)14(21)17-13(18-15)8(2)22-16-20-19-9(3)23-16/h7-8H,4-6H2,1-3H3,(H,17,18,21)/t7-,8+/m0/s1. The Morgan fingerprint density at radius 3 is 2.92 bits per heavy atom. The number of H-pyrrole nitrogens is 1. The van der Waals surface area contributed by atoms with Crippen LogP contribution in [0.4, 0.5) is 0 Å². The van der Waals surface area contributed by atoms with E-state index in [2.05, 4.69) is 22.1 Å². The third-order valence-corrected chi connectivity index (χ3v) is 7.53. The van der Waals surface area contributed by atoms with Gasteiger partial charge in [-0.25, -0.2) is 4.98 Å². The van der Waals surface area contributed by atoms with Crippen LogP contribution < -0.4 is 5.56 Å². The van der Waals surface area contributed by atoms with E-state index in [1.54, 1.807) is 34.4 Å². The molecule has 0 radical (unpaired) electrons. The number of aryl methyl sites for hydroxylation is 2. The minimum absolute atomic E-state index is 0.00273. The second-order valence-corrected chi connectivity index (χ2v) is 10.2. The van der Waals surface area contributed by atoms with Crippen LogP contribution in [-0.2, 0) is 12.8 Å². The number of hydrogen-bond acceptors (Lipinski definition) is 7. The molecule has 0 spiro atoms. The predicted molar refractivity (Wildman–Crippen MR) is 100 cm³/mol. The number of fused-ring (bicyclic) bond motifs is 3. The summed E-state index contributed by atoms with van der Waals surface area (Å²) in [6, 6.07) is 0. The van der Waals surface area contributed by atoms with Gasteiger partial charge in [-0.15, -0.1) is 21.5 Å². The lowest BCUT2D eigenvalue weighted by atomic mass is 9.89. The number of aromatic amines is 1. The zero-order valence-corrected chi connectivity index (χ0v) is 16.2. The summed E-state index contributed by atoms with van der Waals surface area (Å²) in [7, 11) is 0.